The molecule has 194 valence electrons. The third kappa shape index (κ3) is 4.81. The Hall–Kier alpha value is -4.71. The number of nitrogens with zero attached hydrogens (tertiary/aromatic N) is 5. The number of aryl methyl sites for hydroxylation is 1. The van der Waals surface area contributed by atoms with Gasteiger partial charge in [0.15, 0.2) is 5.82 Å². The van der Waals surface area contributed by atoms with E-state index in [2.05, 4.69) is 20.0 Å². The molecule has 1 unspecified atom stereocenters. The molecule has 1 atom stereocenters. The fourth-order valence-corrected chi connectivity index (χ4v) is 4.91. The fourth-order valence-electron chi connectivity index (χ4n) is 4.35. The van der Waals surface area contributed by atoms with Crippen LogP contribution >= 0.6 is 0 Å². The molecular formula is C26H26N8O3S. The standard InChI is InChI=1S/C26H26N8O3S/c1-16-12-13-33-22(16)26(35)34(20-10-5-4-6-11-20)25(31-33)17(2)30-24-21(23(27)28-15-29-24)18-8-7-9-19(14-18)32-38(3,36)37/h4-15,17,32H,1-3H3,(H3,27,28,29,30). The molecule has 0 aliphatic heterocycles. The lowest BCUT2D eigenvalue weighted by Crippen LogP contribution is -2.29. The minimum Gasteiger partial charge on any atom is -0.383 e. The summed E-state index contributed by atoms with van der Waals surface area (Å²) in [6.45, 7) is 3.74. The van der Waals surface area contributed by atoms with Crippen molar-refractivity contribution in [2.75, 3.05) is 22.0 Å². The number of para-hydroxylation sites is 1. The summed E-state index contributed by atoms with van der Waals surface area (Å²) in [5.41, 5.74) is 9.54. The molecule has 0 aliphatic rings. The first kappa shape index (κ1) is 25.0. The number of nitrogens with two attached hydrogens (primary N) is 1. The van der Waals surface area contributed by atoms with Gasteiger partial charge in [0.25, 0.3) is 5.56 Å². The van der Waals surface area contributed by atoms with Crippen LogP contribution in [0.25, 0.3) is 22.3 Å². The predicted molar refractivity (Wildman–Crippen MR) is 148 cm³/mol. The molecule has 0 amide bonds. The maximum Gasteiger partial charge on any atom is 0.282 e. The first-order valence-electron chi connectivity index (χ1n) is 11.7. The van der Waals surface area contributed by atoms with Crippen LogP contribution in [-0.4, -0.2) is 38.8 Å². The minimum atomic E-state index is -3.47. The highest BCUT2D eigenvalue weighted by Gasteiger charge is 2.22. The van der Waals surface area contributed by atoms with E-state index in [0.29, 0.717) is 39.7 Å². The van der Waals surface area contributed by atoms with Gasteiger partial charge < -0.3 is 11.1 Å². The topological polar surface area (TPSA) is 149 Å². The molecule has 0 spiro atoms. The zero-order valence-electron chi connectivity index (χ0n) is 21.0. The van der Waals surface area contributed by atoms with E-state index in [1.807, 2.05) is 50.2 Å². The second-order valence-corrected chi connectivity index (χ2v) is 10.7. The number of nitrogens with one attached hydrogen (secondary N) is 2. The Morgan fingerprint density at radius 2 is 1.79 bits per heavy atom. The van der Waals surface area contributed by atoms with Gasteiger partial charge in [-0.1, -0.05) is 30.3 Å². The number of hydrogen-bond donors (Lipinski definition) is 3. The van der Waals surface area contributed by atoms with Crippen molar-refractivity contribution in [1.29, 1.82) is 0 Å². The van der Waals surface area contributed by atoms with Gasteiger partial charge in [0.05, 0.1) is 23.5 Å². The lowest BCUT2D eigenvalue weighted by molar-refractivity contribution is 0.607. The number of anilines is 3. The molecule has 0 saturated heterocycles. The molecule has 5 rings (SSSR count). The average molecular weight is 531 g/mol. The third-order valence-electron chi connectivity index (χ3n) is 6.00. The van der Waals surface area contributed by atoms with E-state index in [-0.39, 0.29) is 11.4 Å². The van der Waals surface area contributed by atoms with Gasteiger partial charge in [-0.3, -0.25) is 14.1 Å². The van der Waals surface area contributed by atoms with E-state index in [4.69, 9.17) is 10.8 Å². The zero-order valence-corrected chi connectivity index (χ0v) is 21.8. The number of hydrogen-bond acceptors (Lipinski definition) is 8. The van der Waals surface area contributed by atoms with E-state index in [9.17, 15) is 13.2 Å². The van der Waals surface area contributed by atoms with Crippen LogP contribution in [0.2, 0.25) is 0 Å². The number of rotatable bonds is 7. The minimum absolute atomic E-state index is 0.195. The second-order valence-electron chi connectivity index (χ2n) is 8.93. The van der Waals surface area contributed by atoms with E-state index in [1.54, 1.807) is 39.5 Å². The number of sulfonamides is 1. The fraction of sp³-hybridized carbons (Fsp3) is 0.154. The number of benzene rings is 2. The molecule has 0 bridgehead atoms. The molecule has 12 heteroatoms. The van der Waals surface area contributed by atoms with Crippen molar-refractivity contribution in [2.24, 2.45) is 0 Å². The van der Waals surface area contributed by atoms with Gasteiger partial charge in [0, 0.05) is 11.9 Å². The summed E-state index contributed by atoms with van der Waals surface area (Å²) >= 11 is 0. The van der Waals surface area contributed by atoms with Crippen LogP contribution in [0.15, 0.2) is 78.0 Å². The van der Waals surface area contributed by atoms with Crippen LogP contribution in [0, 0.1) is 6.92 Å². The second kappa shape index (κ2) is 9.63. The smallest absolute Gasteiger partial charge is 0.282 e. The van der Waals surface area contributed by atoms with Crippen molar-refractivity contribution < 1.29 is 8.42 Å². The Balaban J connectivity index is 1.61. The number of fused-ring (bicyclic) bond motifs is 1. The summed E-state index contributed by atoms with van der Waals surface area (Å²) in [7, 11) is -3.47. The van der Waals surface area contributed by atoms with Crippen LogP contribution in [0.5, 0.6) is 0 Å². The van der Waals surface area contributed by atoms with Crippen LogP contribution in [0.4, 0.5) is 17.3 Å². The predicted octanol–water partition coefficient (Wildman–Crippen LogP) is 3.38. The summed E-state index contributed by atoms with van der Waals surface area (Å²) in [4.78, 5) is 22.2. The molecule has 0 radical (unpaired) electrons. The Morgan fingerprint density at radius 1 is 1.03 bits per heavy atom. The summed E-state index contributed by atoms with van der Waals surface area (Å²) in [6, 6.07) is 17.4. The highest BCUT2D eigenvalue weighted by molar-refractivity contribution is 7.92. The Morgan fingerprint density at radius 3 is 2.53 bits per heavy atom. The highest BCUT2D eigenvalue weighted by atomic mass is 32.2. The average Bonchev–Trinajstić information content (AvgIpc) is 3.24. The molecule has 38 heavy (non-hydrogen) atoms. The van der Waals surface area contributed by atoms with Gasteiger partial charge in [-0.2, -0.15) is 5.10 Å². The molecular weight excluding hydrogens is 504 g/mol. The van der Waals surface area contributed by atoms with Gasteiger partial charge in [0.1, 0.15) is 23.5 Å². The first-order chi connectivity index (χ1) is 18.1. The number of nitrogen functional groups attached to an aromatic ring is 1. The summed E-state index contributed by atoms with van der Waals surface area (Å²) in [5.74, 6) is 1.06. The molecule has 5 aromatic rings. The number of aromatic nitrogens is 5. The van der Waals surface area contributed by atoms with Gasteiger partial charge >= 0.3 is 0 Å². The Kier molecular flexibility index (Phi) is 6.33. The van der Waals surface area contributed by atoms with E-state index < -0.39 is 16.1 Å². The molecule has 3 heterocycles. The molecule has 0 aliphatic carbocycles. The van der Waals surface area contributed by atoms with Crippen molar-refractivity contribution in [1.82, 2.24) is 24.1 Å². The molecule has 2 aromatic carbocycles. The lowest BCUT2D eigenvalue weighted by Gasteiger charge is -2.21. The molecule has 3 aromatic heterocycles. The molecule has 11 nitrogen and oxygen atoms in total. The van der Waals surface area contributed by atoms with Gasteiger partial charge in [-0.05, 0) is 55.3 Å². The summed E-state index contributed by atoms with van der Waals surface area (Å²) in [6.07, 6.45) is 4.17. The van der Waals surface area contributed by atoms with E-state index in [1.165, 1.54) is 6.33 Å². The van der Waals surface area contributed by atoms with Crippen molar-refractivity contribution in [2.45, 2.75) is 19.9 Å². The van der Waals surface area contributed by atoms with Crippen LogP contribution < -0.4 is 21.3 Å². The summed E-state index contributed by atoms with van der Waals surface area (Å²) in [5, 5.41) is 8.11. The highest BCUT2D eigenvalue weighted by Crippen LogP contribution is 2.34. The van der Waals surface area contributed by atoms with Gasteiger partial charge in [0.2, 0.25) is 10.0 Å². The lowest BCUT2D eigenvalue weighted by atomic mass is 10.1. The van der Waals surface area contributed by atoms with Crippen molar-refractivity contribution in [3.05, 3.63) is 94.9 Å². The Bertz CT molecular complexity index is 1810. The normalized spacial score (nSPS) is 12.4. The quantitative estimate of drug-likeness (QED) is 0.290. The van der Waals surface area contributed by atoms with Gasteiger partial charge in [-0.15, -0.1) is 0 Å². The summed E-state index contributed by atoms with van der Waals surface area (Å²) < 4.78 is 29.1. The molecule has 0 saturated carbocycles. The maximum absolute atomic E-state index is 13.7. The van der Waals surface area contributed by atoms with Crippen LogP contribution in [0.3, 0.4) is 0 Å². The SMILES string of the molecule is Cc1ccn2nc(C(C)Nc3ncnc(N)c3-c3cccc(NS(C)(=O)=O)c3)n(-c3ccccc3)c(=O)c12. The van der Waals surface area contributed by atoms with Crippen molar-refractivity contribution in [3.63, 3.8) is 0 Å². The van der Waals surface area contributed by atoms with E-state index >= 15 is 0 Å². The Labute approximate surface area is 219 Å². The van der Waals surface area contributed by atoms with Crippen molar-refractivity contribution in [3.8, 4) is 16.8 Å². The van der Waals surface area contributed by atoms with Gasteiger partial charge in [-0.25, -0.2) is 22.9 Å². The first-order valence-corrected chi connectivity index (χ1v) is 13.6. The van der Waals surface area contributed by atoms with E-state index in [0.717, 1.165) is 11.8 Å². The maximum atomic E-state index is 13.7. The third-order valence-corrected chi connectivity index (χ3v) is 6.61. The monoisotopic (exact) mass is 530 g/mol. The zero-order chi connectivity index (χ0) is 27.0. The van der Waals surface area contributed by atoms with Crippen molar-refractivity contribution >= 4 is 32.9 Å². The molecule has 0 fully saturated rings. The van der Waals surface area contributed by atoms with Crippen LogP contribution in [-0.2, 0) is 10.0 Å². The largest absolute Gasteiger partial charge is 0.383 e. The van der Waals surface area contributed by atoms with Crippen LogP contribution in [0.1, 0.15) is 24.4 Å². The molecule has 4 N–H and O–H groups in total.